The standard InChI is InChI=1S/C4H12N2.C4H6O2/c1-6(2)4-3-5;1-3(2)4(5)6/h3-5H2,1-2H3;1H2,2H3,(H,5,6). The highest BCUT2D eigenvalue weighted by atomic mass is 16.4. The molecule has 0 aromatic heterocycles. The molecule has 0 bridgehead atoms. The van der Waals surface area contributed by atoms with Crippen LogP contribution in [-0.4, -0.2) is 43.2 Å². The van der Waals surface area contributed by atoms with E-state index < -0.39 is 5.97 Å². The van der Waals surface area contributed by atoms with Crippen molar-refractivity contribution in [3.8, 4) is 0 Å². The smallest absolute Gasteiger partial charge is 0.330 e. The maximum atomic E-state index is 9.60. The summed E-state index contributed by atoms with van der Waals surface area (Å²) in [5.41, 5.74) is 5.36. The highest BCUT2D eigenvalue weighted by Crippen LogP contribution is 1.81. The molecule has 0 aliphatic heterocycles. The van der Waals surface area contributed by atoms with Gasteiger partial charge in [-0.3, -0.25) is 0 Å². The quantitative estimate of drug-likeness (QED) is 0.598. The van der Waals surface area contributed by atoms with Crippen molar-refractivity contribution in [3.05, 3.63) is 12.2 Å². The van der Waals surface area contributed by atoms with E-state index in [2.05, 4.69) is 11.5 Å². The van der Waals surface area contributed by atoms with Crippen LogP contribution in [0.4, 0.5) is 0 Å². The van der Waals surface area contributed by atoms with Gasteiger partial charge in [-0.2, -0.15) is 0 Å². The number of nitrogens with zero attached hydrogens (tertiary/aromatic N) is 1. The number of rotatable bonds is 3. The Morgan fingerprint density at radius 3 is 1.92 bits per heavy atom. The van der Waals surface area contributed by atoms with Crippen molar-refractivity contribution in [2.24, 2.45) is 5.73 Å². The van der Waals surface area contributed by atoms with Crippen LogP contribution in [0.25, 0.3) is 0 Å². The summed E-state index contributed by atoms with van der Waals surface area (Å²) in [6.07, 6.45) is 0. The van der Waals surface area contributed by atoms with Crippen molar-refractivity contribution in [1.29, 1.82) is 0 Å². The molecule has 0 aliphatic carbocycles. The molecular formula is C8H18N2O2. The first-order valence-corrected chi connectivity index (χ1v) is 3.65. The molecule has 0 atom stereocenters. The maximum Gasteiger partial charge on any atom is 0.330 e. The Bertz CT molecular complexity index is 132. The molecule has 0 spiro atoms. The lowest BCUT2D eigenvalue weighted by atomic mass is 10.4. The third kappa shape index (κ3) is 16.1. The fourth-order valence-corrected chi connectivity index (χ4v) is 0.258. The molecule has 0 unspecified atom stereocenters. The summed E-state index contributed by atoms with van der Waals surface area (Å²) < 4.78 is 0. The summed E-state index contributed by atoms with van der Waals surface area (Å²) in [7, 11) is 4.01. The van der Waals surface area contributed by atoms with Crippen LogP contribution < -0.4 is 5.73 Å². The minimum Gasteiger partial charge on any atom is -0.478 e. The van der Waals surface area contributed by atoms with Crippen LogP contribution in [0.3, 0.4) is 0 Å². The normalized spacial score (nSPS) is 8.75. The van der Waals surface area contributed by atoms with Crippen LogP contribution in [0.5, 0.6) is 0 Å². The van der Waals surface area contributed by atoms with Gasteiger partial charge in [0, 0.05) is 18.7 Å². The van der Waals surface area contributed by atoms with Crippen LogP contribution in [0.15, 0.2) is 12.2 Å². The molecule has 0 radical (unpaired) electrons. The van der Waals surface area contributed by atoms with Gasteiger partial charge in [-0.15, -0.1) is 0 Å². The highest BCUT2D eigenvalue weighted by Gasteiger charge is 1.90. The Morgan fingerprint density at radius 2 is 1.92 bits per heavy atom. The second-order valence-electron chi connectivity index (χ2n) is 2.68. The van der Waals surface area contributed by atoms with Crippen molar-refractivity contribution >= 4 is 5.97 Å². The Kier molecular flexibility index (Phi) is 9.40. The molecule has 0 heterocycles. The Labute approximate surface area is 73.7 Å². The van der Waals surface area contributed by atoms with Crippen molar-refractivity contribution in [2.75, 3.05) is 27.2 Å². The molecule has 4 nitrogen and oxygen atoms in total. The summed E-state index contributed by atoms with van der Waals surface area (Å²) in [5.74, 6) is -0.935. The summed E-state index contributed by atoms with van der Waals surface area (Å²) in [6.45, 7) is 6.34. The summed E-state index contributed by atoms with van der Waals surface area (Å²) in [6, 6.07) is 0. The van der Waals surface area contributed by atoms with E-state index in [0.717, 1.165) is 13.1 Å². The molecule has 0 aromatic carbocycles. The molecule has 0 aromatic rings. The van der Waals surface area contributed by atoms with E-state index in [-0.39, 0.29) is 5.57 Å². The fourth-order valence-electron chi connectivity index (χ4n) is 0.258. The zero-order valence-corrected chi connectivity index (χ0v) is 8.00. The molecule has 3 N–H and O–H groups in total. The fraction of sp³-hybridized carbons (Fsp3) is 0.625. The van der Waals surface area contributed by atoms with Gasteiger partial charge in [-0.1, -0.05) is 6.58 Å². The number of aliphatic carboxylic acids is 1. The average molecular weight is 174 g/mol. The number of hydrogen-bond donors (Lipinski definition) is 2. The number of carbonyl (C=O) groups is 1. The SMILES string of the molecule is C=C(C)C(=O)O.CN(C)CCN. The second kappa shape index (κ2) is 8.23. The minimum atomic E-state index is -0.935. The third-order valence-electron chi connectivity index (χ3n) is 0.941. The predicted molar refractivity (Wildman–Crippen MR) is 50.1 cm³/mol. The summed E-state index contributed by atoms with van der Waals surface area (Å²) in [5, 5.41) is 7.89. The molecule has 12 heavy (non-hydrogen) atoms. The van der Waals surface area contributed by atoms with Crippen molar-refractivity contribution in [2.45, 2.75) is 6.92 Å². The van der Waals surface area contributed by atoms with E-state index in [1.165, 1.54) is 6.92 Å². The van der Waals surface area contributed by atoms with E-state index in [1.807, 2.05) is 14.1 Å². The zero-order valence-electron chi connectivity index (χ0n) is 8.00. The van der Waals surface area contributed by atoms with E-state index in [4.69, 9.17) is 10.8 Å². The topological polar surface area (TPSA) is 66.6 Å². The first-order chi connectivity index (χ1) is 5.41. The third-order valence-corrected chi connectivity index (χ3v) is 0.941. The number of carboxylic acid groups (broad SMARTS) is 1. The minimum absolute atomic E-state index is 0.176. The van der Waals surface area contributed by atoms with E-state index in [9.17, 15) is 4.79 Å². The second-order valence-corrected chi connectivity index (χ2v) is 2.68. The molecule has 0 fully saturated rings. The Balaban J connectivity index is 0. The Hall–Kier alpha value is -0.870. The van der Waals surface area contributed by atoms with Crippen LogP contribution in [0, 0.1) is 0 Å². The molecule has 4 heteroatoms. The first kappa shape index (κ1) is 13.7. The van der Waals surface area contributed by atoms with Crippen molar-refractivity contribution < 1.29 is 9.90 Å². The predicted octanol–water partition coefficient (Wildman–Crippen LogP) is 0.154. The van der Waals surface area contributed by atoms with E-state index in [1.54, 1.807) is 0 Å². The van der Waals surface area contributed by atoms with Crippen LogP contribution in [0.1, 0.15) is 6.92 Å². The number of carboxylic acids is 1. The largest absolute Gasteiger partial charge is 0.478 e. The zero-order chi connectivity index (χ0) is 10.1. The maximum absolute atomic E-state index is 9.60. The van der Waals surface area contributed by atoms with Gasteiger partial charge in [0.1, 0.15) is 0 Å². The molecule has 0 rings (SSSR count). The van der Waals surface area contributed by atoms with E-state index in [0.29, 0.717) is 0 Å². The van der Waals surface area contributed by atoms with Crippen LogP contribution in [-0.2, 0) is 4.79 Å². The van der Waals surface area contributed by atoms with Gasteiger partial charge in [0.15, 0.2) is 0 Å². The molecule has 0 saturated heterocycles. The molecule has 0 aliphatic rings. The lowest BCUT2D eigenvalue weighted by Gasteiger charge is -2.03. The van der Waals surface area contributed by atoms with Gasteiger partial charge in [0.2, 0.25) is 0 Å². The molecular weight excluding hydrogens is 156 g/mol. The Morgan fingerprint density at radius 1 is 1.58 bits per heavy atom. The van der Waals surface area contributed by atoms with Crippen LogP contribution >= 0.6 is 0 Å². The van der Waals surface area contributed by atoms with Crippen molar-refractivity contribution in [1.82, 2.24) is 4.90 Å². The van der Waals surface area contributed by atoms with Gasteiger partial charge >= 0.3 is 5.97 Å². The van der Waals surface area contributed by atoms with Gasteiger partial charge in [0.05, 0.1) is 0 Å². The van der Waals surface area contributed by atoms with Crippen molar-refractivity contribution in [3.63, 3.8) is 0 Å². The van der Waals surface area contributed by atoms with Crippen LogP contribution in [0.2, 0.25) is 0 Å². The summed E-state index contributed by atoms with van der Waals surface area (Å²) in [4.78, 5) is 11.7. The lowest BCUT2D eigenvalue weighted by Crippen LogP contribution is -2.20. The molecule has 0 amide bonds. The summed E-state index contributed by atoms with van der Waals surface area (Å²) >= 11 is 0. The van der Waals surface area contributed by atoms with Gasteiger partial charge in [-0.25, -0.2) is 4.79 Å². The average Bonchev–Trinajstić information content (AvgIpc) is 1.87. The van der Waals surface area contributed by atoms with Gasteiger partial charge in [0.25, 0.3) is 0 Å². The number of hydrogen-bond acceptors (Lipinski definition) is 3. The van der Waals surface area contributed by atoms with Gasteiger partial charge < -0.3 is 15.7 Å². The van der Waals surface area contributed by atoms with Gasteiger partial charge in [-0.05, 0) is 21.0 Å². The first-order valence-electron chi connectivity index (χ1n) is 3.65. The monoisotopic (exact) mass is 174 g/mol. The number of nitrogens with two attached hydrogens (primary N) is 1. The molecule has 0 saturated carbocycles. The number of likely N-dealkylation sites (N-methyl/N-ethyl adjacent to an activating group) is 1. The lowest BCUT2D eigenvalue weighted by molar-refractivity contribution is -0.132. The van der Waals surface area contributed by atoms with E-state index >= 15 is 0 Å². The molecule has 72 valence electrons. The highest BCUT2D eigenvalue weighted by molar-refractivity contribution is 5.84.